The van der Waals surface area contributed by atoms with Crippen molar-refractivity contribution in [3.63, 3.8) is 0 Å². The molecule has 9 nitrogen and oxygen atoms in total. The number of aliphatic hydroxyl groups excluding tert-OH is 1. The first-order valence-electron chi connectivity index (χ1n) is 12.2. The summed E-state index contributed by atoms with van der Waals surface area (Å²) >= 11 is 0. The Labute approximate surface area is 221 Å². The molecular formula is C30H22O9. The summed E-state index contributed by atoms with van der Waals surface area (Å²) in [7, 11) is 0. The molecule has 0 radical (unpaired) electrons. The molecule has 0 aromatic heterocycles. The van der Waals surface area contributed by atoms with Crippen LogP contribution in [0.1, 0.15) is 40.0 Å². The van der Waals surface area contributed by atoms with Crippen molar-refractivity contribution < 1.29 is 44.8 Å². The lowest BCUT2D eigenvalue weighted by molar-refractivity contribution is 0.138. The monoisotopic (exact) mass is 526 g/mol. The second kappa shape index (κ2) is 7.91. The Balaban J connectivity index is 1.49. The van der Waals surface area contributed by atoms with E-state index in [2.05, 4.69) is 0 Å². The van der Waals surface area contributed by atoms with Gasteiger partial charge in [0.2, 0.25) is 0 Å². The number of rotatable bonds is 2. The molecule has 3 atom stereocenters. The number of aromatic hydroxyl groups is 5. The highest BCUT2D eigenvalue weighted by molar-refractivity contribution is 5.78. The van der Waals surface area contributed by atoms with Crippen LogP contribution < -0.4 is 14.2 Å². The zero-order chi connectivity index (χ0) is 27.1. The van der Waals surface area contributed by atoms with Crippen LogP contribution >= 0.6 is 0 Å². The number of hydrogen-bond donors (Lipinski definition) is 6. The van der Waals surface area contributed by atoms with Crippen LogP contribution in [0.15, 0.2) is 72.5 Å². The maximum atomic E-state index is 11.1. The smallest absolute Gasteiger partial charge is 0.180 e. The first kappa shape index (κ1) is 23.0. The third kappa shape index (κ3) is 3.19. The van der Waals surface area contributed by atoms with Crippen molar-refractivity contribution in [1.82, 2.24) is 0 Å². The molecule has 39 heavy (non-hydrogen) atoms. The largest absolute Gasteiger partial charge is 0.508 e. The van der Waals surface area contributed by atoms with Crippen LogP contribution in [-0.4, -0.2) is 37.2 Å². The molecule has 6 N–H and O–H groups in total. The van der Waals surface area contributed by atoms with Crippen molar-refractivity contribution in [2.45, 2.75) is 17.6 Å². The second-order valence-electron chi connectivity index (χ2n) is 9.86. The Morgan fingerprint density at radius 1 is 0.641 bits per heavy atom. The van der Waals surface area contributed by atoms with E-state index in [1.54, 1.807) is 24.3 Å². The van der Waals surface area contributed by atoms with Gasteiger partial charge in [0.25, 0.3) is 0 Å². The Bertz CT molecular complexity index is 1670. The first-order valence-corrected chi connectivity index (χ1v) is 12.2. The molecule has 0 saturated heterocycles. The molecule has 0 bridgehead atoms. The number of phenolic OH excluding ortho intramolecular Hbond substituents is 5. The molecule has 0 saturated carbocycles. The van der Waals surface area contributed by atoms with Crippen LogP contribution in [0.2, 0.25) is 0 Å². The van der Waals surface area contributed by atoms with Crippen LogP contribution in [0, 0.1) is 0 Å². The first-order chi connectivity index (χ1) is 18.8. The van der Waals surface area contributed by atoms with Gasteiger partial charge in [-0.25, -0.2) is 0 Å². The maximum Gasteiger partial charge on any atom is 0.180 e. The fourth-order valence-electron chi connectivity index (χ4n) is 5.88. The molecule has 196 valence electrons. The highest BCUT2D eigenvalue weighted by Gasteiger charge is 2.60. The van der Waals surface area contributed by atoms with Crippen LogP contribution in [0.3, 0.4) is 0 Å². The van der Waals surface area contributed by atoms with Crippen molar-refractivity contribution in [3.8, 4) is 46.0 Å². The fraction of sp³-hybridized carbons (Fsp3) is 0.133. The van der Waals surface area contributed by atoms with E-state index in [0.717, 1.165) is 0 Å². The van der Waals surface area contributed by atoms with Crippen LogP contribution in [0.5, 0.6) is 46.0 Å². The normalized spacial score (nSPS) is 22.2. The standard InChI is InChI=1S/C30H22O9/c31-16-5-1-14(2-6-16)27-22(36)11-19-20(34)12-23-26(28(19)39-27)30(13-37-23)25-21(35)9-18(33)10-24(25)38-29(30)15-3-7-17(32)8-4-15/h1-12,27,29,31-36H,13H2/t27-,29-,30-/m1/s1. The van der Waals surface area contributed by atoms with Crippen molar-refractivity contribution in [2.75, 3.05) is 6.61 Å². The number of hydrogen-bond acceptors (Lipinski definition) is 9. The van der Waals surface area contributed by atoms with Gasteiger partial charge in [-0.3, -0.25) is 0 Å². The lowest BCUT2D eigenvalue weighted by Gasteiger charge is -2.33. The van der Waals surface area contributed by atoms with Crippen molar-refractivity contribution >= 4 is 6.08 Å². The average Bonchev–Trinajstić information content (AvgIpc) is 3.43. The summed E-state index contributed by atoms with van der Waals surface area (Å²) in [5.41, 5.74) is 1.10. The second-order valence-corrected chi connectivity index (χ2v) is 9.86. The molecule has 0 aliphatic carbocycles. The number of ether oxygens (including phenoxy) is 3. The zero-order valence-electron chi connectivity index (χ0n) is 20.2. The molecule has 1 spiro atoms. The highest BCUT2D eigenvalue weighted by atomic mass is 16.5. The fourth-order valence-corrected chi connectivity index (χ4v) is 5.88. The van der Waals surface area contributed by atoms with Gasteiger partial charge in [-0.2, -0.15) is 0 Å². The Morgan fingerprint density at radius 3 is 2.00 bits per heavy atom. The van der Waals surface area contributed by atoms with E-state index in [-0.39, 0.29) is 58.2 Å². The van der Waals surface area contributed by atoms with Gasteiger partial charge in [0.15, 0.2) is 6.10 Å². The van der Waals surface area contributed by atoms with Gasteiger partial charge >= 0.3 is 0 Å². The van der Waals surface area contributed by atoms with E-state index in [1.165, 1.54) is 48.5 Å². The van der Waals surface area contributed by atoms with Crippen LogP contribution in [-0.2, 0) is 5.41 Å². The minimum Gasteiger partial charge on any atom is -0.508 e. The summed E-state index contributed by atoms with van der Waals surface area (Å²) in [5.74, 6) is 0.172. The van der Waals surface area contributed by atoms with Crippen molar-refractivity contribution in [1.29, 1.82) is 0 Å². The van der Waals surface area contributed by atoms with E-state index in [1.807, 2.05) is 0 Å². The van der Waals surface area contributed by atoms with E-state index in [9.17, 15) is 30.6 Å². The predicted molar refractivity (Wildman–Crippen MR) is 138 cm³/mol. The van der Waals surface area contributed by atoms with Crippen molar-refractivity contribution in [3.05, 3.63) is 100 Å². The van der Waals surface area contributed by atoms with Gasteiger partial charge in [-0.1, -0.05) is 24.3 Å². The molecule has 4 aromatic rings. The molecule has 7 rings (SSSR count). The minimum atomic E-state index is -1.20. The molecule has 0 unspecified atom stereocenters. The van der Waals surface area contributed by atoms with Gasteiger partial charge in [-0.15, -0.1) is 0 Å². The third-order valence-corrected chi connectivity index (χ3v) is 7.56. The van der Waals surface area contributed by atoms with Gasteiger partial charge in [0.1, 0.15) is 69.9 Å². The summed E-state index contributed by atoms with van der Waals surface area (Å²) in [5, 5.41) is 62.7. The Kier molecular flexibility index (Phi) is 4.66. The summed E-state index contributed by atoms with van der Waals surface area (Å²) in [6, 6.07) is 16.7. The predicted octanol–water partition coefficient (Wildman–Crippen LogP) is 5.06. The van der Waals surface area contributed by atoms with E-state index in [0.29, 0.717) is 28.0 Å². The molecule has 3 aliphatic heterocycles. The molecule has 0 amide bonds. The lowest BCUT2D eigenvalue weighted by Crippen LogP contribution is -2.35. The number of benzene rings is 4. The summed E-state index contributed by atoms with van der Waals surface area (Å²) in [4.78, 5) is 0. The summed E-state index contributed by atoms with van der Waals surface area (Å²) < 4.78 is 18.9. The topological polar surface area (TPSA) is 149 Å². The maximum absolute atomic E-state index is 11.1. The Hall–Kier alpha value is -5.18. The van der Waals surface area contributed by atoms with Crippen molar-refractivity contribution in [2.24, 2.45) is 0 Å². The number of aliphatic hydroxyl groups is 1. The van der Waals surface area contributed by atoms with E-state index >= 15 is 0 Å². The third-order valence-electron chi connectivity index (χ3n) is 7.56. The Morgan fingerprint density at radius 2 is 1.31 bits per heavy atom. The summed E-state index contributed by atoms with van der Waals surface area (Å²) in [6.45, 7) is -0.00195. The zero-order valence-corrected chi connectivity index (χ0v) is 20.2. The SMILES string of the molecule is OC1=Cc2c(O)cc3c(c2O[C@@H]1c1ccc(O)cc1)[C@@]1(CO3)c2c(O)cc(O)cc2O[C@@H]1c1ccc(O)cc1. The lowest BCUT2D eigenvalue weighted by atomic mass is 9.69. The number of phenols is 5. The van der Waals surface area contributed by atoms with Crippen LogP contribution in [0.25, 0.3) is 6.08 Å². The molecule has 0 fully saturated rings. The van der Waals surface area contributed by atoms with Gasteiger partial charge in [0, 0.05) is 23.8 Å². The molecule has 9 heteroatoms. The van der Waals surface area contributed by atoms with Gasteiger partial charge in [-0.05, 0) is 35.9 Å². The molecule has 4 aromatic carbocycles. The molecule has 3 aliphatic rings. The van der Waals surface area contributed by atoms with E-state index in [4.69, 9.17) is 14.2 Å². The number of fused-ring (bicyclic) bond motifs is 6. The van der Waals surface area contributed by atoms with Crippen LogP contribution in [0.4, 0.5) is 0 Å². The summed E-state index contributed by atoms with van der Waals surface area (Å²) in [6.07, 6.45) is -0.323. The molecular weight excluding hydrogens is 504 g/mol. The minimum absolute atomic E-state index is 0.00195. The molecule has 3 heterocycles. The average molecular weight is 526 g/mol. The van der Waals surface area contributed by atoms with Gasteiger partial charge in [0.05, 0.1) is 16.7 Å². The van der Waals surface area contributed by atoms with E-state index < -0.39 is 17.6 Å². The quantitative estimate of drug-likeness (QED) is 0.211. The highest BCUT2D eigenvalue weighted by Crippen LogP contribution is 2.65. The van der Waals surface area contributed by atoms with Gasteiger partial charge < -0.3 is 44.8 Å².